The fourth-order valence-electron chi connectivity index (χ4n) is 3.92. The Hall–Kier alpha value is -1.44. The molecule has 2 fully saturated rings. The van der Waals surface area contributed by atoms with Gasteiger partial charge in [0.1, 0.15) is 0 Å². The molecule has 0 aromatic carbocycles. The maximum atomic E-state index is 12.6. The lowest BCUT2D eigenvalue weighted by Crippen LogP contribution is -2.62. The molecule has 1 aliphatic heterocycles. The number of aliphatic hydroxyl groups excluding tert-OH is 2. The Labute approximate surface area is 135 Å². The second-order valence-corrected chi connectivity index (χ2v) is 6.66. The fraction of sp³-hybridized carbons (Fsp3) is 0.750. The van der Waals surface area contributed by atoms with Crippen LogP contribution < -0.4 is 0 Å². The van der Waals surface area contributed by atoms with Crippen molar-refractivity contribution < 1.29 is 19.7 Å². The second-order valence-electron chi connectivity index (χ2n) is 6.66. The number of carbonyl (C=O) groups is 1. The Morgan fingerprint density at radius 2 is 2.17 bits per heavy atom. The lowest BCUT2D eigenvalue weighted by molar-refractivity contribution is -0.211. The third-order valence-electron chi connectivity index (χ3n) is 5.38. The van der Waals surface area contributed by atoms with Crippen LogP contribution >= 0.6 is 0 Å². The zero-order valence-corrected chi connectivity index (χ0v) is 13.7. The molecular weight excluding hydrogens is 298 g/mol. The van der Waals surface area contributed by atoms with Crippen LogP contribution in [-0.4, -0.2) is 69.3 Å². The van der Waals surface area contributed by atoms with Crippen molar-refractivity contribution in [3.63, 3.8) is 0 Å². The summed E-state index contributed by atoms with van der Waals surface area (Å²) in [7, 11) is 1.81. The van der Waals surface area contributed by atoms with Crippen molar-refractivity contribution in [1.82, 2.24) is 14.7 Å². The molecule has 2 aliphatic rings. The predicted octanol–water partition coefficient (Wildman–Crippen LogP) is 0.0930. The molecule has 0 radical (unpaired) electrons. The molecule has 1 saturated heterocycles. The summed E-state index contributed by atoms with van der Waals surface area (Å²) in [6.45, 7) is 3.36. The number of rotatable bonds is 4. The number of aromatic nitrogens is 2. The second kappa shape index (κ2) is 6.22. The standard InChI is InChI=1S/C16H25N3O4/c1-11-12(10-18(2)17-11)15(22)19-5-3-16(4-6-19)13(21)9-14(16)23-8-7-20/h10,13-14,20-21H,3-9H2,1-2H3. The van der Waals surface area contributed by atoms with Gasteiger partial charge in [-0.05, 0) is 19.8 Å². The minimum atomic E-state index is -0.372. The van der Waals surface area contributed by atoms with Crippen molar-refractivity contribution in [2.45, 2.75) is 38.4 Å². The summed E-state index contributed by atoms with van der Waals surface area (Å²) in [4.78, 5) is 14.5. The number of hydrogen-bond acceptors (Lipinski definition) is 5. The third-order valence-corrected chi connectivity index (χ3v) is 5.38. The SMILES string of the molecule is Cc1nn(C)cc1C(=O)N1CCC2(CC1)C(O)CC2OCCO. The first kappa shape index (κ1) is 16.4. The highest BCUT2D eigenvalue weighted by Crippen LogP contribution is 2.51. The predicted molar refractivity (Wildman–Crippen MR) is 83.0 cm³/mol. The summed E-state index contributed by atoms with van der Waals surface area (Å²) in [6.07, 6.45) is 3.46. The van der Waals surface area contributed by atoms with Crippen LogP contribution in [0, 0.1) is 12.3 Å². The van der Waals surface area contributed by atoms with E-state index in [0.717, 1.165) is 18.5 Å². The van der Waals surface area contributed by atoms with Gasteiger partial charge in [0.2, 0.25) is 0 Å². The van der Waals surface area contributed by atoms with Gasteiger partial charge in [-0.1, -0.05) is 0 Å². The molecule has 1 amide bonds. The molecule has 0 bridgehead atoms. The minimum absolute atomic E-state index is 0.00638. The average Bonchev–Trinajstić information content (AvgIpc) is 2.89. The van der Waals surface area contributed by atoms with E-state index in [9.17, 15) is 9.90 Å². The van der Waals surface area contributed by atoms with E-state index < -0.39 is 0 Å². The Kier molecular flexibility index (Phi) is 4.44. The number of ether oxygens (including phenoxy) is 1. The zero-order chi connectivity index (χ0) is 16.6. The number of hydrogen-bond donors (Lipinski definition) is 2. The maximum absolute atomic E-state index is 12.6. The highest BCUT2D eigenvalue weighted by molar-refractivity contribution is 5.95. The molecule has 3 rings (SSSR count). The van der Waals surface area contributed by atoms with E-state index in [2.05, 4.69) is 5.10 Å². The summed E-state index contributed by atoms with van der Waals surface area (Å²) in [5.41, 5.74) is 1.13. The van der Waals surface area contributed by atoms with E-state index in [1.807, 2.05) is 18.9 Å². The van der Waals surface area contributed by atoms with Gasteiger partial charge in [0.05, 0.1) is 36.7 Å². The van der Waals surface area contributed by atoms with Crippen molar-refractivity contribution in [2.24, 2.45) is 12.5 Å². The smallest absolute Gasteiger partial charge is 0.257 e. The largest absolute Gasteiger partial charge is 0.394 e. The Balaban J connectivity index is 1.64. The highest BCUT2D eigenvalue weighted by Gasteiger charge is 2.56. The summed E-state index contributed by atoms with van der Waals surface area (Å²) in [5, 5.41) is 23.4. The number of nitrogens with zero attached hydrogens (tertiary/aromatic N) is 3. The Morgan fingerprint density at radius 1 is 1.48 bits per heavy atom. The zero-order valence-electron chi connectivity index (χ0n) is 13.7. The molecule has 2 atom stereocenters. The molecule has 1 spiro atoms. The van der Waals surface area contributed by atoms with Crippen LogP contribution in [0.1, 0.15) is 35.3 Å². The lowest BCUT2D eigenvalue weighted by Gasteiger charge is -2.56. The van der Waals surface area contributed by atoms with Crippen LogP contribution in [0.3, 0.4) is 0 Å². The lowest BCUT2D eigenvalue weighted by atomic mass is 9.58. The average molecular weight is 323 g/mol. The van der Waals surface area contributed by atoms with E-state index >= 15 is 0 Å². The van der Waals surface area contributed by atoms with Gasteiger partial charge in [-0.25, -0.2) is 0 Å². The summed E-state index contributed by atoms with van der Waals surface area (Å²) in [5.74, 6) is 0.00656. The molecule has 7 heteroatoms. The van der Waals surface area contributed by atoms with Crippen LogP contribution in [0.4, 0.5) is 0 Å². The van der Waals surface area contributed by atoms with Gasteiger partial charge in [0, 0.05) is 38.2 Å². The molecule has 7 nitrogen and oxygen atoms in total. The Bertz CT molecular complexity index is 578. The van der Waals surface area contributed by atoms with Crippen molar-refractivity contribution in [3.05, 3.63) is 17.5 Å². The number of aryl methyl sites for hydroxylation is 2. The molecular formula is C16H25N3O4. The molecule has 23 heavy (non-hydrogen) atoms. The number of carbonyl (C=O) groups excluding carboxylic acids is 1. The fourth-order valence-corrected chi connectivity index (χ4v) is 3.92. The topological polar surface area (TPSA) is 87.8 Å². The summed E-state index contributed by atoms with van der Waals surface area (Å²) < 4.78 is 7.32. The van der Waals surface area contributed by atoms with Crippen molar-refractivity contribution in [3.8, 4) is 0 Å². The molecule has 128 valence electrons. The van der Waals surface area contributed by atoms with E-state index in [4.69, 9.17) is 9.84 Å². The summed E-state index contributed by atoms with van der Waals surface area (Å²) >= 11 is 0. The maximum Gasteiger partial charge on any atom is 0.257 e. The van der Waals surface area contributed by atoms with Crippen LogP contribution in [0.2, 0.25) is 0 Å². The Morgan fingerprint density at radius 3 is 2.70 bits per heavy atom. The molecule has 2 heterocycles. The molecule has 1 aliphatic carbocycles. The van der Waals surface area contributed by atoms with Gasteiger partial charge in [-0.3, -0.25) is 9.48 Å². The summed E-state index contributed by atoms with van der Waals surface area (Å²) in [6, 6.07) is 0. The van der Waals surface area contributed by atoms with Crippen molar-refractivity contribution in [2.75, 3.05) is 26.3 Å². The minimum Gasteiger partial charge on any atom is -0.394 e. The third kappa shape index (κ3) is 2.77. The molecule has 1 aromatic heterocycles. The highest BCUT2D eigenvalue weighted by atomic mass is 16.5. The van der Waals surface area contributed by atoms with E-state index in [1.54, 1.807) is 10.9 Å². The van der Waals surface area contributed by atoms with E-state index in [0.29, 0.717) is 31.7 Å². The van der Waals surface area contributed by atoms with Crippen LogP contribution in [0.15, 0.2) is 6.20 Å². The first-order chi connectivity index (χ1) is 11.0. The molecule has 1 aromatic rings. The van der Waals surface area contributed by atoms with Crippen LogP contribution in [0.5, 0.6) is 0 Å². The molecule has 1 saturated carbocycles. The van der Waals surface area contributed by atoms with Gasteiger partial charge in [-0.2, -0.15) is 5.10 Å². The van der Waals surface area contributed by atoms with Gasteiger partial charge < -0.3 is 19.8 Å². The van der Waals surface area contributed by atoms with Crippen molar-refractivity contribution in [1.29, 1.82) is 0 Å². The van der Waals surface area contributed by atoms with E-state index in [1.165, 1.54) is 0 Å². The van der Waals surface area contributed by atoms with Crippen LogP contribution in [0.25, 0.3) is 0 Å². The first-order valence-electron chi connectivity index (χ1n) is 8.18. The van der Waals surface area contributed by atoms with Gasteiger partial charge in [0.25, 0.3) is 5.91 Å². The number of piperidine rings is 1. The quantitative estimate of drug-likeness (QED) is 0.820. The number of likely N-dealkylation sites (tertiary alicyclic amines) is 1. The molecule has 2 unspecified atom stereocenters. The number of amides is 1. The van der Waals surface area contributed by atoms with Crippen molar-refractivity contribution >= 4 is 5.91 Å². The normalized spacial score (nSPS) is 26.3. The number of aliphatic hydroxyl groups is 2. The van der Waals surface area contributed by atoms with Gasteiger partial charge in [-0.15, -0.1) is 0 Å². The van der Waals surface area contributed by atoms with E-state index in [-0.39, 0.29) is 30.1 Å². The first-order valence-corrected chi connectivity index (χ1v) is 8.18. The van der Waals surface area contributed by atoms with Gasteiger partial charge in [0.15, 0.2) is 0 Å². The molecule has 2 N–H and O–H groups in total. The van der Waals surface area contributed by atoms with Gasteiger partial charge >= 0.3 is 0 Å². The van der Waals surface area contributed by atoms with Crippen LogP contribution in [-0.2, 0) is 11.8 Å². The monoisotopic (exact) mass is 323 g/mol.